The maximum Gasteiger partial charge on any atom is 0.119 e. The predicted octanol–water partition coefficient (Wildman–Crippen LogP) is 6.77. The quantitative estimate of drug-likeness (QED) is 0.571. The molecule has 0 heterocycles. The van der Waals surface area contributed by atoms with E-state index in [1.165, 1.54) is 42.4 Å². The number of aryl methyl sites for hydroxylation is 1. The van der Waals surface area contributed by atoms with Crippen LogP contribution in [0.3, 0.4) is 0 Å². The zero-order valence-corrected chi connectivity index (χ0v) is 17.4. The fraction of sp³-hybridized carbons (Fsp3) is 0.538. The minimum Gasteiger partial charge on any atom is -0.490 e. The first-order chi connectivity index (χ1) is 13.7. The fourth-order valence-electron chi connectivity index (χ4n) is 5.00. The summed E-state index contributed by atoms with van der Waals surface area (Å²) in [6.07, 6.45) is 10.4. The van der Waals surface area contributed by atoms with Gasteiger partial charge in [-0.25, -0.2) is 0 Å². The van der Waals surface area contributed by atoms with Crippen molar-refractivity contribution in [3.63, 3.8) is 0 Å². The smallest absolute Gasteiger partial charge is 0.119 e. The monoisotopic (exact) mass is 378 g/mol. The summed E-state index contributed by atoms with van der Waals surface area (Å²) in [4.78, 5) is 0. The Kier molecular flexibility index (Phi) is 6.36. The molecule has 0 atom stereocenters. The van der Waals surface area contributed by atoms with Gasteiger partial charge >= 0.3 is 0 Å². The van der Waals surface area contributed by atoms with Crippen LogP contribution in [0.1, 0.15) is 79.9 Å². The van der Waals surface area contributed by atoms with Crippen LogP contribution in [0.2, 0.25) is 0 Å². The molecule has 2 saturated carbocycles. The largest absolute Gasteiger partial charge is 0.490 e. The van der Waals surface area contributed by atoms with E-state index in [0.29, 0.717) is 18.1 Å². The molecule has 0 saturated heterocycles. The summed E-state index contributed by atoms with van der Waals surface area (Å²) < 4.78 is 11.7. The minimum absolute atomic E-state index is 0.349. The molecule has 2 aromatic carbocycles. The normalized spacial score (nSPS) is 28.1. The summed E-state index contributed by atoms with van der Waals surface area (Å²) >= 11 is 0. The molecule has 150 valence electrons. The molecule has 2 aliphatic carbocycles. The summed E-state index contributed by atoms with van der Waals surface area (Å²) in [5.74, 6) is 2.47. The van der Waals surface area contributed by atoms with E-state index in [1.54, 1.807) is 0 Å². The Balaban J connectivity index is 1.28. The van der Waals surface area contributed by atoms with Gasteiger partial charge in [0.2, 0.25) is 0 Å². The third-order valence-electron chi connectivity index (χ3n) is 6.88. The highest BCUT2D eigenvalue weighted by Crippen LogP contribution is 2.40. The molecule has 0 unspecified atom stereocenters. The molecule has 2 aliphatic rings. The first-order valence-electron chi connectivity index (χ1n) is 11.1. The molecule has 0 N–H and O–H groups in total. The van der Waals surface area contributed by atoms with Gasteiger partial charge in [0, 0.05) is 7.11 Å². The van der Waals surface area contributed by atoms with Gasteiger partial charge in [0.05, 0.1) is 12.2 Å². The van der Waals surface area contributed by atoms with Crippen LogP contribution in [0, 0.1) is 6.92 Å². The third kappa shape index (κ3) is 4.78. The Labute approximate surface area is 170 Å². The van der Waals surface area contributed by atoms with Crippen molar-refractivity contribution in [2.45, 2.75) is 82.3 Å². The van der Waals surface area contributed by atoms with Crippen molar-refractivity contribution < 1.29 is 9.47 Å². The van der Waals surface area contributed by atoms with Gasteiger partial charge in [0.25, 0.3) is 0 Å². The van der Waals surface area contributed by atoms with Crippen LogP contribution in [0.15, 0.2) is 48.5 Å². The van der Waals surface area contributed by atoms with E-state index in [0.717, 1.165) is 37.4 Å². The van der Waals surface area contributed by atoms with E-state index >= 15 is 0 Å². The topological polar surface area (TPSA) is 18.5 Å². The summed E-state index contributed by atoms with van der Waals surface area (Å²) in [6, 6.07) is 18.1. The van der Waals surface area contributed by atoms with Crippen LogP contribution in [-0.4, -0.2) is 19.3 Å². The Hall–Kier alpha value is -1.80. The van der Waals surface area contributed by atoms with Crippen molar-refractivity contribution in [1.82, 2.24) is 0 Å². The average Bonchev–Trinajstić information content (AvgIpc) is 2.76. The van der Waals surface area contributed by atoms with Gasteiger partial charge in [-0.05, 0) is 93.4 Å². The van der Waals surface area contributed by atoms with E-state index < -0.39 is 0 Å². The SMILES string of the molecule is COC1CCC(Oc2ccc(C3CCC(c4ccc(C)cc4)CC3)cc2)CC1. The molecule has 0 spiro atoms. The number of benzene rings is 2. The lowest BCUT2D eigenvalue weighted by atomic mass is 9.76. The maximum atomic E-state index is 6.22. The summed E-state index contributed by atoms with van der Waals surface area (Å²) in [5, 5.41) is 0. The summed E-state index contributed by atoms with van der Waals surface area (Å²) in [5.41, 5.74) is 4.36. The van der Waals surface area contributed by atoms with Gasteiger partial charge in [0.1, 0.15) is 5.75 Å². The van der Waals surface area contributed by atoms with Gasteiger partial charge in [-0.1, -0.05) is 42.0 Å². The number of hydrogen-bond donors (Lipinski definition) is 0. The third-order valence-corrected chi connectivity index (χ3v) is 6.88. The Morgan fingerprint density at radius 1 is 0.607 bits per heavy atom. The lowest BCUT2D eigenvalue weighted by Gasteiger charge is -2.30. The number of ether oxygens (including phenoxy) is 2. The number of methoxy groups -OCH3 is 1. The van der Waals surface area contributed by atoms with Crippen molar-refractivity contribution in [2.75, 3.05) is 7.11 Å². The standard InChI is InChI=1S/C26H34O2/c1-19-3-5-20(6-4-19)21-7-9-22(10-8-21)23-11-13-25(14-12-23)28-26-17-15-24(27-2)16-18-26/h3-6,11-14,21-22,24,26H,7-10,15-18H2,1-2H3. The van der Waals surface area contributed by atoms with Gasteiger partial charge in [-0.15, -0.1) is 0 Å². The second kappa shape index (κ2) is 9.13. The molecule has 0 amide bonds. The van der Waals surface area contributed by atoms with Crippen molar-refractivity contribution in [3.05, 3.63) is 65.2 Å². The van der Waals surface area contributed by atoms with Crippen LogP contribution in [0.5, 0.6) is 5.75 Å². The molecular formula is C26H34O2. The molecule has 28 heavy (non-hydrogen) atoms. The first-order valence-corrected chi connectivity index (χ1v) is 11.1. The molecule has 0 radical (unpaired) electrons. The Morgan fingerprint density at radius 3 is 1.57 bits per heavy atom. The maximum absolute atomic E-state index is 6.22. The average molecular weight is 379 g/mol. The Bertz CT molecular complexity index is 718. The molecule has 0 aromatic heterocycles. The van der Waals surface area contributed by atoms with Gasteiger partial charge < -0.3 is 9.47 Å². The molecule has 0 bridgehead atoms. The molecule has 2 heteroatoms. The molecule has 2 fully saturated rings. The number of hydrogen-bond acceptors (Lipinski definition) is 2. The lowest BCUT2D eigenvalue weighted by molar-refractivity contribution is 0.0327. The molecule has 2 nitrogen and oxygen atoms in total. The van der Waals surface area contributed by atoms with Gasteiger partial charge in [0.15, 0.2) is 0 Å². The molecular weight excluding hydrogens is 344 g/mol. The molecule has 4 rings (SSSR count). The van der Waals surface area contributed by atoms with Crippen LogP contribution in [-0.2, 0) is 4.74 Å². The second-order valence-corrected chi connectivity index (χ2v) is 8.78. The van der Waals surface area contributed by atoms with Crippen LogP contribution in [0.4, 0.5) is 0 Å². The van der Waals surface area contributed by atoms with E-state index in [2.05, 4.69) is 55.5 Å². The number of rotatable bonds is 5. The van der Waals surface area contributed by atoms with Crippen molar-refractivity contribution in [3.8, 4) is 5.75 Å². The predicted molar refractivity (Wildman–Crippen MR) is 115 cm³/mol. The lowest BCUT2D eigenvalue weighted by Crippen LogP contribution is -2.27. The second-order valence-electron chi connectivity index (χ2n) is 8.78. The summed E-state index contributed by atoms with van der Waals surface area (Å²) in [6.45, 7) is 2.17. The minimum atomic E-state index is 0.349. The molecule has 2 aromatic rings. The zero-order valence-electron chi connectivity index (χ0n) is 17.4. The van der Waals surface area contributed by atoms with Crippen molar-refractivity contribution >= 4 is 0 Å². The van der Waals surface area contributed by atoms with E-state index in [9.17, 15) is 0 Å². The van der Waals surface area contributed by atoms with E-state index in [1.807, 2.05) is 7.11 Å². The van der Waals surface area contributed by atoms with Crippen LogP contribution >= 0.6 is 0 Å². The van der Waals surface area contributed by atoms with Crippen molar-refractivity contribution in [2.24, 2.45) is 0 Å². The molecule has 0 aliphatic heterocycles. The highest BCUT2D eigenvalue weighted by atomic mass is 16.5. The van der Waals surface area contributed by atoms with E-state index in [-0.39, 0.29) is 0 Å². The van der Waals surface area contributed by atoms with Gasteiger partial charge in [-0.2, -0.15) is 0 Å². The van der Waals surface area contributed by atoms with E-state index in [4.69, 9.17) is 9.47 Å². The van der Waals surface area contributed by atoms with Crippen molar-refractivity contribution in [1.29, 1.82) is 0 Å². The summed E-state index contributed by atoms with van der Waals surface area (Å²) in [7, 11) is 1.82. The van der Waals surface area contributed by atoms with Crippen LogP contribution in [0.25, 0.3) is 0 Å². The first kappa shape index (κ1) is 19.5. The zero-order chi connectivity index (χ0) is 19.3. The van der Waals surface area contributed by atoms with Crippen LogP contribution < -0.4 is 4.74 Å². The fourth-order valence-corrected chi connectivity index (χ4v) is 5.00. The van der Waals surface area contributed by atoms with Gasteiger partial charge in [-0.3, -0.25) is 0 Å². The highest BCUT2D eigenvalue weighted by Gasteiger charge is 2.24. The highest BCUT2D eigenvalue weighted by molar-refractivity contribution is 5.31. The Morgan fingerprint density at radius 2 is 1.07 bits per heavy atom.